The summed E-state index contributed by atoms with van der Waals surface area (Å²) in [5, 5.41) is 9.95. The second-order valence-electron chi connectivity index (χ2n) is 8.02. The van der Waals surface area contributed by atoms with Gasteiger partial charge >= 0.3 is 5.97 Å². The van der Waals surface area contributed by atoms with Crippen LogP contribution in [0.5, 0.6) is 28.7 Å². The molecular weight excluding hydrogens is 424 g/mol. The van der Waals surface area contributed by atoms with Crippen LogP contribution in [0.2, 0.25) is 0 Å². The van der Waals surface area contributed by atoms with Crippen LogP contribution in [-0.4, -0.2) is 30.1 Å². The van der Waals surface area contributed by atoms with E-state index in [4.69, 9.17) is 18.9 Å². The molecule has 7 heteroatoms. The Kier molecular flexibility index (Phi) is 4.36. The van der Waals surface area contributed by atoms with Crippen molar-refractivity contribution in [2.24, 2.45) is 0 Å². The van der Waals surface area contributed by atoms with E-state index in [1.165, 1.54) is 0 Å². The van der Waals surface area contributed by atoms with Crippen molar-refractivity contribution in [2.45, 2.75) is 12.3 Å². The van der Waals surface area contributed by atoms with Crippen LogP contribution in [0.1, 0.15) is 39.4 Å². The van der Waals surface area contributed by atoms with Gasteiger partial charge in [0.15, 0.2) is 17.3 Å². The molecule has 0 aromatic heterocycles. The Morgan fingerprint density at radius 3 is 2.55 bits per heavy atom. The Balaban J connectivity index is 1.42. The highest BCUT2D eigenvalue weighted by Crippen LogP contribution is 2.49. The fraction of sp³-hybridized carbons (Fsp3) is 0.154. The van der Waals surface area contributed by atoms with E-state index in [2.05, 4.69) is 0 Å². The maximum absolute atomic E-state index is 13.1. The molecule has 1 N–H and O–H groups in total. The molecule has 3 aliphatic rings. The van der Waals surface area contributed by atoms with Crippen LogP contribution in [-0.2, 0) is 4.79 Å². The lowest BCUT2D eigenvalue weighted by Crippen LogP contribution is -2.21. The molecule has 0 bridgehead atoms. The molecule has 164 valence electrons. The molecule has 0 aliphatic carbocycles. The fourth-order valence-corrected chi connectivity index (χ4v) is 4.43. The minimum absolute atomic E-state index is 0.0751. The first kappa shape index (κ1) is 19.4. The third-order valence-corrected chi connectivity index (χ3v) is 5.92. The molecule has 3 heterocycles. The second-order valence-corrected chi connectivity index (χ2v) is 8.02. The zero-order chi connectivity index (χ0) is 22.5. The number of phenols is 1. The van der Waals surface area contributed by atoms with E-state index >= 15 is 0 Å². The first-order valence-electron chi connectivity index (χ1n) is 10.6. The number of Topliss-reactive ketones (excluding diaryl/α,β-unsaturated/α-hetero) is 1. The Morgan fingerprint density at radius 1 is 0.879 bits per heavy atom. The predicted molar refractivity (Wildman–Crippen MR) is 117 cm³/mol. The summed E-state index contributed by atoms with van der Waals surface area (Å²) >= 11 is 0. The molecule has 7 nitrogen and oxygen atoms in total. The van der Waals surface area contributed by atoms with E-state index in [1.54, 1.807) is 48.5 Å². The minimum atomic E-state index is -0.412. The van der Waals surface area contributed by atoms with Gasteiger partial charge in [0.25, 0.3) is 0 Å². The third-order valence-electron chi connectivity index (χ3n) is 5.92. The Bertz CT molecular complexity index is 1350. The van der Waals surface area contributed by atoms with Crippen molar-refractivity contribution in [2.75, 3.05) is 13.2 Å². The van der Waals surface area contributed by atoms with Crippen LogP contribution >= 0.6 is 0 Å². The first-order chi connectivity index (χ1) is 16.1. The number of esters is 1. The standard InChI is InChI=1S/C26H18O7/c27-16-3-1-2-15(12-16)18-13-23(28)32-20-7-5-17-25(29)22(33-26(17)24(18)20)11-14-4-6-19-21(10-14)31-9-8-30-19/h1-7,10-12,18,27H,8-9,13H2/b22-11-/t18-/m1/s1. The summed E-state index contributed by atoms with van der Waals surface area (Å²) in [5.41, 5.74) is 2.50. The molecule has 6 rings (SSSR count). The Labute approximate surface area is 188 Å². The number of benzene rings is 3. The zero-order valence-corrected chi connectivity index (χ0v) is 17.4. The molecule has 1 atom stereocenters. The largest absolute Gasteiger partial charge is 0.508 e. The number of phenolic OH excluding ortho intramolecular Hbond substituents is 1. The Morgan fingerprint density at radius 2 is 1.70 bits per heavy atom. The van der Waals surface area contributed by atoms with E-state index in [0.29, 0.717) is 47.3 Å². The number of carbonyl (C=O) groups excluding carboxylic acids is 2. The summed E-state index contributed by atoms with van der Waals surface area (Å²) in [5.74, 6) is 1.22. The van der Waals surface area contributed by atoms with Gasteiger partial charge in [-0.3, -0.25) is 9.59 Å². The summed E-state index contributed by atoms with van der Waals surface area (Å²) in [6.45, 7) is 0.968. The van der Waals surface area contributed by atoms with Crippen molar-refractivity contribution in [3.8, 4) is 28.7 Å². The number of aromatic hydroxyl groups is 1. The molecule has 0 spiro atoms. The van der Waals surface area contributed by atoms with E-state index in [0.717, 1.165) is 11.1 Å². The number of ketones is 1. The molecule has 0 radical (unpaired) electrons. The maximum atomic E-state index is 13.1. The first-order valence-corrected chi connectivity index (χ1v) is 10.6. The third kappa shape index (κ3) is 3.29. The average molecular weight is 442 g/mol. The molecular formula is C26H18O7. The van der Waals surface area contributed by atoms with Gasteiger partial charge in [-0.2, -0.15) is 0 Å². The summed E-state index contributed by atoms with van der Waals surface area (Å²) in [6, 6.07) is 15.4. The average Bonchev–Trinajstić information content (AvgIpc) is 3.13. The lowest BCUT2D eigenvalue weighted by Gasteiger charge is -2.26. The molecule has 3 aliphatic heterocycles. The quantitative estimate of drug-likeness (QED) is 0.361. The van der Waals surface area contributed by atoms with E-state index in [1.807, 2.05) is 12.1 Å². The van der Waals surface area contributed by atoms with Crippen molar-refractivity contribution in [1.82, 2.24) is 0 Å². The van der Waals surface area contributed by atoms with E-state index in [-0.39, 0.29) is 29.7 Å². The summed E-state index contributed by atoms with van der Waals surface area (Å²) in [7, 11) is 0. The lowest BCUT2D eigenvalue weighted by atomic mass is 9.84. The maximum Gasteiger partial charge on any atom is 0.312 e. The zero-order valence-electron chi connectivity index (χ0n) is 17.4. The second kappa shape index (κ2) is 7.41. The van der Waals surface area contributed by atoms with E-state index < -0.39 is 5.92 Å². The number of carbonyl (C=O) groups is 2. The minimum Gasteiger partial charge on any atom is -0.508 e. The smallest absolute Gasteiger partial charge is 0.312 e. The Hall–Kier alpha value is -4.26. The summed E-state index contributed by atoms with van der Waals surface area (Å²) < 4.78 is 22.7. The van der Waals surface area contributed by atoms with Gasteiger partial charge in [0.1, 0.15) is 30.5 Å². The highest BCUT2D eigenvalue weighted by molar-refractivity contribution is 6.15. The van der Waals surface area contributed by atoms with Crippen molar-refractivity contribution < 1.29 is 33.6 Å². The van der Waals surface area contributed by atoms with Crippen LogP contribution in [0.4, 0.5) is 0 Å². The van der Waals surface area contributed by atoms with Gasteiger partial charge in [-0.05, 0) is 53.6 Å². The van der Waals surface area contributed by atoms with Gasteiger partial charge in [-0.15, -0.1) is 0 Å². The number of ether oxygens (including phenoxy) is 4. The van der Waals surface area contributed by atoms with Crippen LogP contribution in [0, 0.1) is 0 Å². The summed E-state index contributed by atoms with van der Waals surface area (Å²) in [4.78, 5) is 25.4. The van der Waals surface area contributed by atoms with Gasteiger partial charge in [0.2, 0.25) is 5.78 Å². The highest BCUT2D eigenvalue weighted by Gasteiger charge is 2.38. The lowest BCUT2D eigenvalue weighted by molar-refractivity contribution is -0.135. The van der Waals surface area contributed by atoms with Gasteiger partial charge in [0, 0.05) is 11.5 Å². The van der Waals surface area contributed by atoms with Gasteiger partial charge in [-0.25, -0.2) is 0 Å². The predicted octanol–water partition coefficient (Wildman–Crippen LogP) is 4.22. The summed E-state index contributed by atoms with van der Waals surface area (Å²) in [6.07, 6.45) is 1.73. The molecule has 0 saturated carbocycles. The van der Waals surface area contributed by atoms with Crippen LogP contribution in [0.25, 0.3) is 6.08 Å². The van der Waals surface area contributed by atoms with Crippen molar-refractivity contribution in [1.29, 1.82) is 0 Å². The van der Waals surface area contributed by atoms with Crippen molar-refractivity contribution >= 4 is 17.8 Å². The number of fused-ring (bicyclic) bond motifs is 4. The van der Waals surface area contributed by atoms with Crippen LogP contribution in [0.3, 0.4) is 0 Å². The van der Waals surface area contributed by atoms with Crippen molar-refractivity contribution in [3.63, 3.8) is 0 Å². The number of rotatable bonds is 2. The normalized spacial score (nSPS) is 19.5. The number of hydrogen-bond acceptors (Lipinski definition) is 7. The number of allylic oxidation sites excluding steroid dienone is 1. The van der Waals surface area contributed by atoms with Gasteiger partial charge in [-0.1, -0.05) is 18.2 Å². The molecule has 0 unspecified atom stereocenters. The number of hydrogen-bond donors (Lipinski definition) is 1. The molecule has 3 aromatic rings. The molecule has 3 aromatic carbocycles. The molecule has 33 heavy (non-hydrogen) atoms. The monoisotopic (exact) mass is 442 g/mol. The van der Waals surface area contributed by atoms with Crippen LogP contribution in [0.15, 0.2) is 60.4 Å². The molecule has 0 fully saturated rings. The highest BCUT2D eigenvalue weighted by atomic mass is 16.6. The van der Waals surface area contributed by atoms with Gasteiger partial charge in [0.05, 0.1) is 12.0 Å². The fourth-order valence-electron chi connectivity index (χ4n) is 4.43. The molecule has 0 saturated heterocycles. The van der Waals surface area contributed by atoms with Crippen molar-refractivity contribution in [3.05, 3.63) is 82.6 Å². The van der Waals surface area contributed by atoms with Gasteiger partial charge < -0.3 is 24.1 Å². The van der Waals surface area contributed by atoms with E-state index in [9.17, 15) is 14.7 Å². The molecule has 0 amide bonds. The SMILES string of the molecule is O=C1C[C@H](c2cccc(O)c2)c2c(ccc3c2O/C(=C\c2ccc4c(c2)OCCO4)C3=O)O1. The van der Waals surface area contributed by atoms with Crippen LogP contribution < -0.4 is 18.9 Å². The topological polar surface area (TPSA) is 91.3 Å².